The molecule has 0 spiro atoms. The zero-order valence-corrected chi connectivity index (χ0v) is 12.8. The monoisotopic (exact) mass is 300 g/mol. The zero-order valence-electron chi connectivity index (χ0n) is 12.1. The quantitative estimate of drug-likeness (QED) is 0.813. The number of hydrogen-bond acceptors (Lipinski definition) is 2. The first-order valence-corrected chi connectivity index (χ1v) is 7.03. The zero-order chi connectivity index (χ0) is 15.3. The van der Waals surface area contributed by atoms with E-state index in [2.05, 4.69) is 5.32 Å². The third kappa shape index (κ3) is 4.89. The molecule has 20 heavy (non-hydrogen) atoms. The summed E-state index contributed by atoms with van der Waals surface area (Å²) in [6.45, 7) is 6.35. The summed E-state index contributed by atoms with van der Waals surface area (Å²) in [5, 5.41) is 12.1. The lowest BCUT2D eigenvalue weighted by molar-refractivity contribution is -0.137. The molecule has 0 aliphatic rings. The van der Waals surface area contributed by atoms with Gasteiger partial charge in [-0.15, -0.1) is 0 Å². The van der Waals surface area contributed by atoms with E-state index in [1.807, 2.05) is 25.3 Å². The number of aromatic nitrogens is 1. The second-order valence-electron chi connectivity index (χ2n) is 5.47. The average Bonchev–Trinajstić information content (AvgIpc) is 2.68. The normalized spacial score (nSPS) is 11.4. The van der Waals surface area contributed by atoms with Gasteiger partial charge < -0.3 is 15.0 Å². The Hall–Kier alpha value is -1.49. The number of amides is 1. The molecule has 5 nitrogen and oxygen atoms in total. The number of nitrogens with one attached hydrogen (secondary N) is 1. The minimum Gasteiger partial charge on any atom is -0.481 e. The summed E-state index contributed by atoms with van der Waals surface area (Å²) in [6, 6.07) is 1.62. The Balaban J connectivity index is 2.77. The molecule has 0 bridgehead atoms. The average molecular weight is 301 g/mol. The van der Waals surface area contributed by atoms with E-state index < -0.39 is 11.5 Å². The van der Waals surface area contributed by atoms with Crippen LogP contribution in [0.2, 0.25) is 5.02 Å². The molecule has 1 heterocycles. The number of carbonyl (C=O) groups excluding carboxylic acids is 1. The maximum atomic E-state index is 12.3. The molecule has 1 aromatic heterocycles. The van der Waals surface area contributed by atoms with Gasteiger partial charge in [-0.25, -0.2) is 0 Å². The van der Waals surface area contributed by atoms with Crippen molar-refractivity contribution in [2.45, 2.75) is 52.1 Å². The Bertz CT molecular complexity index is 495. The van der Waals surface area contributed by atoms with Crippen LogP contribution in [0.15, 0.2) is 12.3 Å². The predicted octanol–water partition coefficient (Wildman–Crippen LogP) is 2.92. The van der Waals surface area contributed by atoms with Gasteiger partial charge in [0.2, 0.25) is 0 Å². The van der Waals surface area contributed by atoms with Crippen LogP contribution in [0.3, 0.4) is 0 Å². The molecule has 0 radical (unpaired) electrons. The van der Waals surface area contributed by atoms with Gasteiger partial charge >= 0.3 is 5.97 Å². The van der Waals surface area contributed by atoms with Crippen molar-refractivity contribution in [2.24, 2.45) is 0 Å². The van der Waals surface area contributed by atoms with Gasteiger partial charge in [0.1, 0.15) is 5.69 Å². The first-order valence-electron chi connectivity index (χ1n) is 6.65. The van der Waals surface area contributed by atoms with E-state index in [4.69, 9.17) is 16.7 Å². The smallest absolute Gasteiger partial charge is 0.303 e. The predicted molar refractivity (Wildman–Crippen MR) is 78.1 cm³/mol. The van der Waals surface area contributed by atoms with Crippen LogP contribution in [0, 0.1) is 0 Å². The van der Waals surface area contributed by atoms with Gasteiger partial charge in [0.15, 0.2) is 0 Å². The van der Waals surface area contributed by atoms with Crippen LogP contribution in [0.25, 0.3) is 0 Å². The van der Waals surface area contributed by atoms with Gasteiger partial charge in [0.05, 0.1) is 5.02 Å². The summed E-state index contributed by atoms with van der Waals surface area (Å²) in [5.41, 5.74) is -0.0799. The molecule has 1 amide bonds. The van der Waals surface area contributed by atoms with Crippen LogP contribution in [0.4, 0.5) is 0 Å². The molecule has 0 saturated carbocycles. The van der Waals surface area contributed by atoms with Crippen LogP contribution < -0.4 is 5.32 Å². The summed E-state index contributed by atoms with van der Waals surface area (Å²) in [4.78, 5) is 22.9. The Morgan fingerprint density at radius 2 is 2.10 bits per heavy atom. The highest BCUT2D eigenvalue weighted by Gasteiger charge is 2.24. The number of carboxylic acid groups (broad SMARTS) is 1. The van der Waals surface area contributed by atoms with E-state index in [9.17, 15) is 9.59 Å². The summed E-state index contributed by atoms with van der Waals surface area (Å²) >= 11 is 5.94. The minimum atomic E-state index is -0.871. The Morgan fingerprint density at radius 1 is 1.45 bits per heavy atom. The Kier molecular flexibility index (Phi) is 5.62. The highest BCUT2D eigenvalue weighted by atomic mass is 35.5. The summed E-state index contributed by atoms with van der Waals surface area (Å²) in [6.07, 6.45) is 3.01. The van der Waals surface area contributed by atoms with Gasteiger partial charge in [0, 0.05) is 24.7 Å². The number of carboxylic acids is 1. The topological polar surface area (TPSA) is 71.3 Å². The molecule has 1 rings (SSSR count). The van der Waals surface area contributed by atoms with Crippen molar-refractivity contribution >= 4 is 23.5 Å². The summed E-state index contributed by atoms with van der Waals surface area (Å²) in [5.74, 6) is -1.11. The minimum absolute atomic E-state index is 0.0179. The van der Waals surface area contributed by atoms with E-state index in [-0.39, 0.29) is 12.3 Å². The molecular weight excluding hydrogens is 280 g/mol. The van der Waals surface area contributed by atoms with Gasteiger partial charge in [-0.05, 0) is 32.8 Å². The van der Waals surface area contributed by atoms with E-state index in [0.717, 1.165) is 6.42 Å². The molecule has 0 aromatic carbocycles. The number of carbonyl (C=O) groups is 2. The van der Waals surface area contributed by atoms with Crippen LogP contribution in [0.1, 0.15) is 50.5 Å². The summed E-state index contributed by atoms with van der Waals surface area (Å²) in [7, 11) is 0. The number of hydrogen-bond donors (Lipinski definition) is 2. The highest BCUT2D eigenvalue weighted by Crippen LogP contribution is 2.17. The van der Waals surface area contributed by atoms with Crippen LogP contribution in [0.5, 0.6) is 0 Å². The fourth-order valence-electron chi connectivity index (χ4n) is 1.94. The first kappa shape index (κ1) is 16.6. The molecule has 0 atom stereocenters. The van der Waals surface area contributed by atoms with Crippen molar-refractivity contribution in [2.75, 3.05) is 0 Å². The van der Waals surface area contributed by atoms with E-state index in [0.29, 0.717) is 23.7 Å². The van der Waals surface area contributed by atoms with Gasteiger partial charge in [-0.2, -0.15) is 0 Å². The van der Waals surface area contributed by atoms with E-state index in [1.54, 1.807) is 12.3 Å². The van der Waals surface area contributed by atoms with Gasteiger partial charge in [-0.1, -0.05) is 18.5 Å². The van der Waals surface area contributed by atoms with E-state index >= 15 is 0 Å². The SMILES string of the molecule is CCCn1cc(Cl)cc1C(=O)NC(C)(C)CCC(=O)O. The molecule has 0 fully saturated rings. The van der Waals surface area contributed by atoms with Gasteiger partial charge in [-0.3, -0.25) is 9.59 Å². The molecule has 6 heteroatoms. The van der Waals surface area contributed by atoms with Gasteiger partial charge in [0.25, 0.3) is 5.91 Å². The number of aryl methyl sites for hydroxylation is 1. The molecule has 0 saturated heterocycles. The van der Waals surface area contributed by atoms with Crippen molar-refractivity contribution in [3.05, 3.63) is 23.0 Å². The first-order chi connectivity index (χ1) is 9.25. The Morgan fingerprint density at radius 3 is 2.65 bits per heavy atom. The lowest BCUT2D eigenvalue weighted by Gasteiger charge is -2.25. The highest BCUT2D eigenvalue weighted by molar-refractivity contribution is 6.31. The second-order valence-corrected chi connectivity index (χ2v) is 5.91. The largest absolute Gasteiger partial charge is 0.481 e. The molecule has 0 unspecified atom stereocenters. The number of halogens is 1. The van der Waals surface area contributed by atoms with Crippen molar-refractivity contribution < 1.29 is 14.7 Å². The second kappa shape index (κ2) is 6.79. The summed E-state index contributed by atoms with van der Waals surface area (Å²) < 4.78 is 1.81. The maximum absolute atomic E-state index is 12.3. The molecule has 0 aliphatic carbocycles. The van der Waals surface area contributed by atoms with Crippen LogP contribution in [-0.4, -0.2) is 27.1 Å². The number of nitrogens with zero attached hydrogens (tertiary/aromatic N) is 1. The van der Waals surface area contributed by atoms with Crippen LogP contribution >= 0.6 is 11.6 Å². The third-order valence-corrected chi connectivity index (χ3v) is 3.18. The van der Waals surface area contributed by atoms with E-state index in [1.165, 1.54) is 0 Å². The third-order valence-electron chi connectivity index (χ3n) is 2.98. The van der Waals surface area contributed by atoms with Crippen molar-refractivity contribution in [3.8, 4) is 0 Å². The molecule has 1 aromatic rings. The number of aliphatic carboxylic acids is 1. The van der Waals surface area contributed by atoms with Crippen molar-refractivity contribution in [1.29, 1.82) is 0 Å². The maximum Gasteiger partial charge on any atom is 0.303 e. The lowest BCUT2D eigenvalue weighted by atomic mass is 9.98. The standard InChI is InChI=1S/C14H21ClN2O3/c1-4-7-17-9-10(15)8-11(17)13(20)16-14(2,3)6-5-12(18)19/h8-9H,4-7H2,1-3H3,(H,16,20)(H,18,19). The van der Waals surface area contributed by atoms with Crippen LogP contribution in [-0.2, 0) is 11.3 Å². The molecular formula is C14H21ClN2O3. The lowest BCUT2D eigenvalue weighted by Crippen LogP contribution is -2.44. The molecule has 0 aliphatic heterocycles. The fourth-order valence-corrected chi connectivity index (χ4v) is 2.17. The molecule has 112 valence electrons. The molecule has 2 N–H and O–H groups in total. The van der Waals surface area contributed by atoms with Crippen molar-refractivity contribution in [1.82, 2.24) is 9.88 Å². The van der Waals surface area contributed by atoms with Crippen molar-refractivity contribution in [3.63, 3.8) is 0 Å². The fraction of sp³-hybridized carbons (Fsp3) is 0.571. The number of rotatable bonds is 7. The Labute approximate surface area is 123 Å².